The Morgan fingerprint density at radius 3 is 2.43 bits per heavy atom. The zero-order chi connectivity index (χ0) is 15.1. The number of para-hydroxylation sites is 1. The minimum Gasteiger partial charge on any atom is -0.482 e. The van der Waals surface area contributed by atoms with Crippen LogP contribution < -0.4 is 9.47 Å². The lowest BCUT2D eigenvalue weighted by molar-refractivity contribution is -0.136. The normalized spacial score (nSPS) is 10.2. The van der Waals surface area contributed by atoms with Gasteiger partial charge < -0.3 is 9.47 Å². The molecule has 0 bridgehead atoms. The Hall–Kier alpha value is -2.29. The third-order valence-electron chi connectivity index (χ3n) is 3.13. The molecule has 0 fully saturated rings. The van der Waals surface area contributed by atoms with Gasteiger partial charge in [-0.05, 0) is 42.7 Å². The van der Waals surface area contributed by atoms with Crippen molar-refractivity contribution in [2.75, 3.05) is 6.61 Å². The molecule has 0 radical (unpaired) electrons. The van der Waals surface area contributed by atoms with Crippen LogP contribution in [-0.2, 0) is 11.2 Å². The Balaban J connectivity index is 1.85. The van der Waals surface area contributed by atoms with Gasteiger partial charge >= 0.3 is 5.97 Å². The van der Waals surface area contributed by atoms with Crippen LogP contribution in [-0.4, -0.2) is 12.6 Å². The summed E-state index contributed by atoms with van der Waals surface area (Å²) in [4.78, 5) is 11.8. The molecular weight excluding hydrogens is 264 g/mol. The van der Waals surface area contributed by atoms with Gasteiger partial charge in [-0.3, -0.25) is 0 Å². The van der Waals surface area contributed by atoms with Crippen LogP contribution in [0.2, 0.25) is 0 Å². The van der Waals surface area contributed by atoms with Gasteiger partial charge in [-0.25, -0.2) is 4.79 Å². The average molecular weight is 284 g/mol. The van der Waals surface area contributed by atoms with Crippen molar-refractivity contribution in [2.24, 2.45) is 0 Å². The third kappa shape index (κ3) is 4.63. The topological polar surface area (TPSA) is 35.5 Å². The largest absolute Gasteiger partial charge is 0.482 e. The number of hydrogen-bond acceptors (Lipinski definition) is 3. The zero-order valence-corrected chi connectivity index (χ0v) is 12.5. The maximum absolute atomic E-state index is 11.8. The van der Waals surface area contributed by atoms with Crippen LogP contribution in [0.15, 0.2) is 48.5 Å². The molecule has 0 aromatic heterocycles. The van der Waals surface area contributed by atoms with Gasteiger partial charge in [-0.2, -0.15) is 0 Å². The van der Waals surface area contributed by atoms with E-state index in [9.17, 15) is 4.79 Å². The number of carbonyl (C=O) groups excluding carboxylic acids is 1. The maximum Gasteiger partial charge on any atom is 0.349 e. The summed E-state index contributed by atoms with van der Waals surface area (Å²) in [5, 5.41) is 0. The second kappa shape index (κ2) is 7.48. The van der Waals surface area contributed by atoms with Crippen LogP contribution in [0, 0.1) is 6.92 Å². The fourth-order valence-corrected chi connectivity index (χ4v) is 2.03. The molecule has 21 heavy (non-hydrogen) atoms. The predicted octanol–water partition coefficient (Wildman–Crippen LogP) is 3.93. The van der Waals surface area contributed by atoms with Gasteiger partial charge in [0.15, 0.2) is 6.61 Å². The van der Waals surface area contributed by atoms with E-state index in [1.807, 2.05) is 55.5 Å². The van der Waals surface area contributed by atoms with E-state index in [1.54, 1.807) is 0 Å². The van der Waals surface area contributed by atoms with Gasteiger partial charge in [0, 0.05) is 0 Å². The van der Waals surface area contributed by atoms with Crippen LogP contribution in [0.1, 0.15) is 24.5 Å². The number of ether oxygens (including phenoxy) is 2. The molecule has 2 rings (SSSR count). The van der Waals surface area contributed by atoms with Crippen molar-refractivity contribution in [3.05, 3.63) is 59.7 Å². The minimum absolute atomic E-state index is 0.0957. The summed E-state index contributed by atoms with van der Waals surface area (Å²) in [5.74, 6) is 0.850. The van der Waals surface area contributed by atoms with Gasteiger partial charge in [0.2, 0.25) is 0 Å². The van der Waals surface area contributed by atoms with E-state index in [0.29, 0.717) is 11.5 Å². The van der Waals surface area contributed by atoms with Crippen LogP contribution in [0.4, 0.5) is 0 Å². The lowest BCUT2D eigenvalue weighted by atomic mass is 10.1. The first-order valence-electron chi connectivity index (χ1n) is 7.17. The molecule has 3 heteroatoms. The van der Waals surface area contributed by atoms with Gasteiger partial charge in [-0.1, -0.05) is 43.7 Å². The first-order chi connectivity index (χ1) is 10.2. The summed E-state index contributed by atoms with van der Waals surface area (Å²) in [7, 11) is 0. The quantitative estimate of drug-likeness (QED) is 0.595. The molecule has 2 aromatic rings. The lowest BCUT2D eigenvalue weighted by Gasteiger charge is -2.09. The highest BCUT2D eigenvalue weighted by Crippen LogP contribution is 2.17. The van der Waals surface area contributed by atoms with Crippen molar-refractivity contribution in [2.45, 2.75) is 26.7 Å². The van der Waals surface area contributed by atoms with Crippen molar-refractivity contribution in [3.63, 3.8) is 0 Å². The molecule has 0 atom stereocenters. The molecule has 0 aliphatic heterocycles. The number of esters is 1. The van der Waals surface area contributed by atoms with Crippen molar-refractivity contribution < 1.29 is 14.3 Å². The molecule has 0 saturated heterocycles. The molecular formula is C18H20O3. The highest BCUT2D eigenvalue weighted by molar-refractivity contribution is 5.74. The number of aryl methyl sites for hydroxylation is 2. The fourth-order valence-electron chi connectivity index (χ4n) is 2.03. The SMILES string of the molecule is CCCc1ccc(OC(=O)COc2ccccc2C)cc1. The van der Waals surface area contributed by atoms with E-state index in [2.05, 4.69) is 6.92 Å². The Labute approximate surface area is 125 Å². The predicted molar refractivity (Wildman–Crippen MR) is 82.7 cm³/mol. The third-order valence-corrected chi connectivity index (χ3v) is 3.13. The molecule has 0 aliphatic carbocycles. The monoisotopic (exact) mass is 284 g/mol. The highest BCUT2D eigenvalue weighted by atomic mass is 16.6. The van der Waals surface area contributed by atoms with Crippen LogP contribution in [0.5, 0.6) is 11.5 Å². The Morgan fingerprint density at radius 2 is 1.76 bits per heavy atom. The number of benzene rings is 2. The second-order valence-corrected chi connectivity index (χ2v) is 4.92. The number of hydrogen-bond donors (Lipinski definition) is 0. The maximum atomic E-state index is 11.8. The molecule has 0 saturated carbocycles. The fraction of sp³-hybridized carbons (Fsp3) is 0.278. The molecule has 0 spiro atoms. The van der Waals surface area contributed by atoms with Crippen LogP contribution >= 0.6 is 0 Å². The Bertz CT molecular complexity index is 588. The van der Waals surface area contributed by atoms with Gasteiger partial charge in [0.1, 0.15) is 11.5 Å². The summed E-state index contributed by atoms with van der Waals surface area (Å²) in [6, 6.07) is 15.2. The summed E-state index contributed by atoms with van der Waals surface area (Å²) in [5.41, 5.74) is 2.24. The summed E-state index contributed by atoms with van der Waals surface area (Å²) >= 11 is 0. The van der Waals surface area contributed by atoms with E-state index >= 15 is 0 Å². The van der Waals surface area contributed by atoms with Gasteiger partial charge in [-0.15, -0.1) is 0 Å². The van der Waals surface area contributed by atoms with Gasteiger partial charge in [0.25, 0.3) is 0 Å². The molecule has 0 unspecified atom stereocenters. The molecule has 3 nitrogen and oxygen atoms in total. The van der Waals surface area contributed by atoms with E-state index in [4.69, 9.17) is 9.47 Å². The molecule has 110 valence electrons. The first kappa shape index (κ1) is 15.1. The van der Waals surface area contributed by atoms with Crippen LogP contribution in [0.25, 0.3) is 0 Å². The molecule has 0 amide bonds. The van der Waals surface area contributed by atoms with Crippen molar-refractivity contribution in [3.8, 4) is 11.5 Å². The molecule has 0 N–H and O–H groups in total. The standard InChI is InChI=1S/C18H20O3/c1-3-6-15-9-11-16(12-10-15)21-18(19)13-20-17-8-5-4-7-14(17)2/h4-5,7-12H,3,6,13H2,1-2H3. The first-order valence-corrected chi connectivity index (χ1v) is 7.17. The number of rotatable bonds is 6. The van der Waals surface area contributed by atoms with Crippen molar-refractivity contribution in [1.29, 1.82) is 0 Å². The van der Waals surface area contributed by atoms with E-state index in [1.165, 1.54) is 5.56 Å². The Morgan fingerprint density at radius 1 is 1.05 bits per heavy atom. The average Bonchev–Trinajstić information content (AvgIpc) is 2.49. The number of carbonyl (C=O) groups is 1. The van der Waals surface area contributed by atoms with E-state index in [0.717, 1.165) is 18.4 Å². The Kier molecular flexibility index (Phi) is 5.38. The van der Waals surface area contributed by atoms with Crippen LogP contribution in [0.3, 0.4) is 0 Å². The van der Waals surface area contributed by atoms with E-state index in [-0.39, 0.29) is 6.61 Å². The smallest absolute Gasteiger partial charge is 0.349 e. The van der Waals surface area contributed by atoms with Gasteiger partial charge in [0.05, 0.1) is 0 Å². The molecule has 2 aromatic carbocycles. The molecule has 0 aliphatic rings. The summed E-state index contributed by atoms with van der Waals surface area (Å²) in [6.45, 7) is 3.98. The molecule has 0 heterocycles. The lowest BCUT2D eigenvalue weighted by Crippen LogP contribution is -2.18. The van der Waals surface area contributed by atoms with Crippen molar-refractivity contribution >= 4 is 5.97 Å². The zero-order valence-electron chi connectivity index (χ0n) is 12.5. The minimum atomic E-state index is -0.401. The summed E-state index contributed by atoms with van der Waals surface area (Å²) in [6.07, 6.45) is 2.13. The second-order valence-electron chi connectivity index (χ2n) is 4.92. The van der Waals surface area contributed by atoms with E-state index < -0.39 is 5.97 Å². The van der Waals surface area contributed by atoms with Crippen molar-refractivity contribution in [1.82, 2.24) is 0 Å². The highest BCUT2D eigenvalue weighted by Gasteiger charge is 2.07. The summed E-state index contributed by atoms with van der Waals surface area (Å²) < 4.78 is 10.7.